The molecule has 104 valence electrons. The zero-order valence-electron chi connectivity index (χ0n) is 11.5. The first-order chi connectivity index (χ1) is 8.37. The summed E-state index contributed by atoms with van der Waals surface area (Å²) in [5.74, 6) is 0.668. The predicted molar refractivity (Wildman–Crippen MR) is 71.9 cm³/mol. The first kappa shape index (κ1) is 17.0. The molecule has 0 unspecified atom stereocenters. The molecule has 5 nitrogen and oxygen atoms in total. The van der Waals surface area contributed by atoms with E-state index in [0.717, 1.165) is 18.8 Å². The molecule has 0 amide bonds. The van der Waals surface area contributed by atoms with Gasteiger partial charge in [-0.15, -0.1) is 0 Å². The van der Waals surface area contributed by atoms with E-state index in [1.807, 2.05) is 13.1 Å². The Bertz CT molecular complexity index is 292. The number of ketones is 1. The van der Waals surface area contributed by atoms with Gasteiger partial charge >= 0.3 is 0 Å². The molecule has 0 fully saturated rings. The summed E-state index contributed by atoms with van der Waals surface area (Å²) >= 11 is 0. The van der Waals surface area contributed by atoms with Gasteiger partial charge in [0, 0.05) is 19.3 Å². The third kappa shape index (κ3) is 10.2. The fraction of sp³-hybridized carbons (Fsp3) is 0.667. The Morgan fingerprint density at radius 2 is 2.06 bits per heavy atom. The van der Waals surface area contributed by atoms with E-state index in [2.05, 4.69) is 12.2 Å². The van der Waals surface area contributed by atoms with Crippen molar-refractivity contribution in [3.8, 4) is 0 Å². The summed E-state index contributed by atoms with van der Waals surface area (Å²) in [6.45, 7) is 9.36. The molecule has 0 aliphatic heterocycles. The SMILES string of the molecule is C=C(C)ONO[Si](C)(C)CCCC(=O)CCC=O. The van der Waals surface area contributed by atoms with Gasteiger partial charge in [-0.1, -0.05) is 6.58 Å². The van der Waals surface area contributed by atoms with Gasteiger partial charge in [-0.3, -0.25) is 4.79 Å². The maximum Gasteiger partial charge on any atom is 0.219 e. The Balaban J connectivity index is 3.71. The van der Waals surface area contributed by atoms with E-state index in [4.69, 9.17) is 9.36 Å². The molecule has 0 saturated carbocycles. The second-order valence-corrected chi connectivity index (χ2v) is 9.07. The van der Waals surface area contributed by atoms with Crippen molar-refractivity contribution in [3.63, 3.8) is 0 Å². The number of carbonyl (C=O) groups is 2. The van der Waals surface area contributed by atoms with Gasteiger partial charge in [-0.05, 0) is 38.1 Å². The maximum atomic E-state index is 11.4. The average Bonchev–Trinajstić information content (AvgIpc) is 2.25. The highest BCUT2D eigenvalue weighted by molar-refractivity contribution is 6.71. The topological polar surface area (TPSA) is 64.6 Å². The van der Waals surface area contributed by atoms with Crippen molar-refractivity contribution in [2.75, 3.05) is 0 Å². The molecule has 0 heterocycles. The van der Waals surface area contributed by atoms with Crippen molar-refractivity contribution < 1.29 is 19.0 Å². The Morgan fingerprint density at radius 1 is 1.39 bits per heavy atom. The Labute approximate surface area is 110 Å². The van der Waals surface area contributed by atoms with Crippen molar-refractivity contribution in [2.45, 2.75) is 51.7 Å². The summed E-state index contributed by atoms with van der Waals surface area (Å²) < 4.78 is 5.44. The quantitative estimate of drug-likeness (QED) is 0.271. The average molecular weight is 273 g/mol. The summed E-state index contributed by atoms with van der Waals surface area (Å²) in [6.07, 6.45) is 2.74. The van der Waals surface area contributed by atoms with E-state index >= 15 is 0 Å². The van der Waals surface area contributed by atoms with Gasteiger partial charge in [0.25, 0.3) is 0 Å². The van der Waals surface area contributed by atoms with Crippen LogP contribution in [0.5, 0.6) is 0 Å². The van der Waals surface area contributed by atoms with Crippen LogP contribution in [0.4, 0.5) is 0 Å². The van der Waals surface area contributed by atoms with E-state index < -0.39 is 8.32 Å². The highest BCUT2D eigenvalue weighted by Gasteiger charge is 2.23. The molecule has 0 aromatic rings. The molecule has 1 N–H and O–H groups in total. The van der Waals surface area contributed by atoms with Gasteiger partial charge in [0.1, 0.15) is 17.8 Å². The number of aldehydes is 1. The Morgan fingerprint density at radius 3 is 2.61 bits per heavy atom. The summed E-state index contributed by atoms with van der Waals surface area (Å²) in [4.78, 5) is 26.4. The fourth-order valence-electron chi connectivity index (χ4n) is 1.31. The lowest BCUT2D eigenvalue weighted by Crippen LogP contribution is -2.36. The Hall–Kier alpha value is -0.983. The van der Waals surface area contributed by atoms with Crippen LogP contribution in [0.2, 0.25) is 19.1 Å². The molecule has 0 spiro atoms. The van der Waals surface area contributed by atoms with Crippen LogP contribution in [0.1, 0.15) is 32.6 Å². The number of allylic oxidation sites excluding steroid dienone is 1. The smallest absolute Gasteiger partial charge is 0.219 e. The van der Waals surface area contributed by atoms with Crippen LogP contribution >= 0.6 is 0 Å². The van der Waals surface area contributed by atoms with Crippen LogP contribution in [0, 0.1) is 0 Å². The number of nitrogens with one attached hydrogen (secondary N) is 1. The molecule has 0 aliphatic rings. The standard InChI is InChI=1S/C12H23NO4Si/c1-11(2)16-13-17-18(3,4)10-6-8-12(15)7-5-9-14/h9,13H,1,5-8,10H2,2-4H3. The second kappa shape index (κ2) is 9.01. The largest absolute Gasteiger partial charge is 0.390 e. The molecular weight excluding hydrogens is 250 g/mol. The van der Waals surface area contributed by atoms with Gasteiger partial charge in [-0.25, -0.2) is 0 Å². The fourth-order valence-corrected chi connectivity index (χ4v) is 2.71. The predicted octanol–water partition coefficient (Wildman–Crippen LogP) is 2.51. The molecule has 18 heavy (non-hydrogen) atoms. The van der Waals surface area contributed by atoms with Crippen molar-refractivity contribution >= 4 is 20.4 Å². The number of carbonyl (C=O) groups excluding carboxylic acids is 2. The van der Waals surface area contributed by atoms with Gasteiger partial charge in [0.15, 0.2) is 0 Å². The van der Waals surface area contributed by atoms with Crippen LogP contribution in [0.25, 0.3) is 0 Å². The van der Waals surface area contributed by atoms with Crippen LogP contribution in [-0.2, 0) is 19.0 Å². The van der Waals surface area contributed by atoms with Gasteiger partial charge < -0.3 is 14.2 Å². The normalized spacial score (nSPS) is 11.1. The van der Waals surface area contributed by atoms with Crippen LogP contribution in [0.3, 0.4) is 0 Å². The van der Waals surface area contributed by atoms with Crippen LogP contribution in [0.15, 0.2) is 12.3 Å². The lowest BCUT2D eigenvalue weighted by atomic mass is 10.1. The molecule has 0 saturated heterocycles. The molecule has 6 heteroatoms. The monoisotopic (exact) mass is 273 g/mol. The van der Waals surface area contributed by atoms with E-state index in [9.17, 15) is 9.59 Å². The minimum absolute atomic E-state index is 0.137. The second-order valence-electron chi connectivity index (χ2n) is 4.85. The summed E-state index contributed by atoms with van der Waals surface area (Å²) in [5, 5.41) is 0. The summed E-state index contributed by atoms with van der Waals surface area (Å²) in [7, 11) is -1.87. The number of hydrogen-bond acceptors (Lipinski definition) is 5. The van der Waals surface area contributed by atoms with Crippen molar-refractivity contribution in [3.05, 3.63) is 12.3 Å². The van der Waals surface area contributed by atoms with Crippen LogP contribution < -0.4 is 5.64 Å². The lowest BCUT2D eigenvalue weighted by Gasteiger charge is -2.21. The molecule has 0 aliphatic carbocycles. The van der Waals surface area contributed by atoms with E-state index in [-0.39, 0.29) is 5.78 Å². The van der Waals surface area contributed by atoms with E-state index in [1.165, 1.54) is 0 Å². The number of hydrogen-bond donors (Lipinski definition) is 1. The molecule has 0 atom stereocenters. The zero-order chi connectivity index (χ0) is 14.0. The lowest BCUT2D eigenvalue weighted by molar-refractivity contribution is -0.120. The first-order valence-corrected chi connectivity index (χ1v) is 9.19. The van der Waals surface area contributed by atoms with Crippen molar-refractivity contribution in [1.29, 1.82) is 0 Å². The van der Waals surface area contributed by atoms with Crippen LogP contribution in [-0.4, -0.2) is 20.4 Å². The number of rotatable bonds is 11. The number of Topliss-reactive ketones (excluding diaryl/α,β-unsaturated/α-hetero) is 1. The molecule has 0 rings (SSSR count). The van der Waals surface area contributed by atoms with Gasteiger partial charge in [-0.2, -0.15) is 0 Å². The first-order valence-electron chi connectivity index (χ1n) is 6.08. The highest BCUT2D eigenvalue weighted by atomic mass is 28.4. The maximum absolute atomic E-state index is 11.4. The Kier molecular flexibility index (Phi) is 8.52. The van der Waals surface area contributed by atoms with Gasteiger partial charge in [0.2, 0.25) is 8.32 Å². The van der Waals surface area contributed by atoms with E-state index in [1.54, 1.807) is 6.92 Å². The third-order valence-corrected chi connectivity index (χ3v) is 4.50. The molecule has 0 aromatic carbocycles. The van der Waals surface area contributed by atoms with Crippen molar-refractivity contribution in [2.24, 2.45) is 0 Å². The summed E-state index contributed by atoms with van der Waals surface area (Å²) in [5.41, 5.74) is 2.43. The van der Waals surface area contributed by atoms with Crippen molar-refractivity contribution in [1.82, 2.24) is 5.64 Å². The minimum atomic E-state index is -1.87. The van der Waals surface area contributed by atoms with Gasteiger partial charge in [0.05, 0.1) is 0 Å². The molecular formula is C12H23NO4Si. The minimum Gasteiger partial charge on any atom is -0.390 e. The summed E-state index contributed by atoms with van der Waals surface area (Å²) in [6, 6.07) is 0.854. The highest BCUT2D eigenvalue weighted by Crippen LogP contribution is 2.15. The molecule has 0 aromatic heterocycles. The third-order valence-electron chi connectivity index (χ3n) is 2.31. The molecule has 0 radical (unpaired) electrons. The van der Waals surface area contributed by atoms with E-state index in [0.29, 0.717) is 25.0 Å². The molecule has 0 bridgehead atoms. The zero-order valence-corrected chi connectivity index (χ0v) is 12.5.